The SMILES string of the molecule is NC(=O)C(c1ccc(C(F)(F)F)cc1)n1cc(-c2ccnc(N)c2-c2ccc(Cl)cc2)cn1. The van der Waals surface area contributed by atoms with Gasteiger partial charge in [-0.3, -0.25) is 9.48 Å². The van der Waals surface area contributed by atoms with Crippen molar-refractivity contribution in [3.63, 3.8) is 0 Å². The van der Waals surface area contributed by atoms with Gasteiger partial charge in [0.1, 0.15) is 5.82 Å². The van der Waals surface area contributed by atoms with Crippen LogP contribution in [-0.4, -0.2) is 20.7 Å². The first-order valence-corrected chi connectivity index (χ1v) is 10.0. The Kier molecular flexibility index (Phi) is 5.82. The Balaban J connectivity index is 1.75. The molecule has 0 aliphatic carbocycles. The van der Waals surface area contributed by atoms with Gasteiger partial charge in [0.05, 0.1) is 11.8 Å². The smallest absolute Gasteiger partial charge is 0.383 e. The van der Waals surface area contributed by atoms with E-state index in [9.17, 15) is 18.0 Å². The lowest BCUT2D eigenvalue weighted by Gasteiger charge is -2.16. The predicted octanol–water partition coefficient (Wildman–Crippen LogP) is 4.94. The summed E-state index contributed by atoms with van der Waals surface area (Å²) < 4.78 is 40.0. The number of nitrogens with two attached hydrogens (primary N) is 2. The van der Waals surface area contributed by atoms with Gasteiger partial charge in [-0.05, 0) is 47.0 Å². The molecule has 1 atom stereocenters. The first kappa shape index (κ1) is 22.3. The Morgan fingerprint density at radius 3 is 2.27 bits per heavy atom. The molecule has 6 nitrogen and oxygen atoms in total. The van der Waals surface area contributed by atoms with E-state index < -0.39 is 23.7 Å². The van der Waals surface area contributed by atoms with Crippen LogP contribution in [0.4, 0.5) is 19.0 Å². The third-order valence-electron chi connectivity index (χ3n) is 5.11. The van der Waals surface area contributed by atoms with E-state index in [-0.39, 0.29) is 11.4 Å². The van der Waals surface area contributed by atoms with Gasteiger partial charge in [0.15, 0.2) is 6.04 Å². The normalized spacial score (nSPS) is 12.5. The number of amides is 1. The van der Waals surface area contributed by atoms with Crippen molar-refractivity contribution >= 4 is 23.3 Å². The molecular weight excluding hydrogens is 455 g/mol. The Morgan fingerprint density at radius 2 is 1.67 bits per heavy atom. The van der Waals surface area contributed by atoms with E-state index in [2.05, 4.69) is 10.1 Å². The van der Waals surface area contributed by atoms with Crippen molar-refractivity contribution in [2.24, 2.45) is 5.73 Å². The second-order valence-electron chi connectivity index (χ2n) is 7.26. The number of alkyl halides is 3. The minimum absolute atomic E-state index is 0.275. The molecule has 4 aromatic rings. The van der Waals surface area contributed by atoms with Crippen LogP contribution in [0, 0.1) is 0 Å². The van der Waals surface area contributed by atoms with Crippen molar-refractivity contribution in [1.29, 1.82) is 0 Å². The number of benzene rings is 2. The van der Waals surface area contributed by atoms with Gasteiger partial charge in [-0.1, -0.05) is 35.9 Å². The first-order chi connectivity index (χ1) is 15.6. The van der Waals surface area contributed by atoms with Crippen LogP contribution >= 0.6 is 11.6 Å². The summed E-state index contributed by atoms with van der Waals surface area (Å²) in [5.74, 6) is -0.478. The third-order valence-corrected chi connectivity index (χ3v) is 5.37. The molecule has 0 aliphatic heterocycles. The Labute approximate surface area is 191 Å². The van der Waals surface area contributed by atoms with Crippen molar-refractivity contribution in [3.8, 4) is 22.3 Å². The van der Waals surface area contributed by atoms with Crippen LogP contribution in [0.5, 0.6) is 0 Å². The van der Waals surface area contributed by atoms with E-state index >= 15 is 0 Å². The standard InChI is InChI=1S/C23H17ClF3N5O/c24-17-7-3-13(4-8-17)19-18(9-10-30-21(19)28)15-11-31-32(12-15)20(22(29)33)14-1-5-16(6-2-14)23(25,26)27/h1-12,20H,(H2,28,30)(H2,29,33). The molecule has 10 heteroatoms. The molecule has 168 valence electrons. The van der Waals surface area contributed by atoms with Crippen LogP contribution < -0.4 is 11.5 Å². The number of nitrogen functional groups attached to an aromatic ring is 1. The van der Waals surface area contributed by atoms with E-state index in [1.165, 1.54) is 23.0 Å². The van der Waals surface area contributed by atoms with Gasteiger partial charge >= 0.3 is 6.18 Å². The molecule has 4 rings (SSSR count). The maximum absolute atomic E-state index is 12.9. The number of pyridine rings is 1. The maximum Gasteiger partial charge on any atom is 0.416 e. The number of primary amides is 1. The van der Waals surface area contributed by atoms with Gasteiger partial charge in [0.2, 0.25) is 5.91 Å². The largest absolute Gasteiger partial charge is 0.416 e. The van der Waals surface area contributed by atoms with Crippen LogP contribution in [0.1, 0.15) is 17.2 Å². The van der Waals surface area contributed by atoms with Crippen LogP contribution in [0.25, 0.3) is 22.3 Å². The molecule has 1 amide bonds. The summed E-state index contributed by atoms with van der Waals surface area (Å²) in [6.45, 7) is 0. The molecular formula is C23H17ClF3N5O. The summed E-state index contributed by atoms with van der Waals surface area (Å²) in [4.78, 5) is 16.4. The lowest BCUT2D eigenvalue weighted by molar-refractivity contribution is -0.137. The highest BCUT2D eigenvalue weighted by Crippen LogP contribution is 2.36. The van der Waals surface area contributed by atoms with E-state index in [0.29, 0.717) is 21.7 Å². The van der Waals surface area contributed by atoms with E-state index in [4.69, 9.17) is 23.1 Å². The topological polar surface area (TPSA) is 99.8 Å². The summed E-state index contributed by atoms with van der Waals surface area (Å²) in [7, 11) is 0. The number of carbonyl (C=O) groups excluding carboxylic acids is 1. The summed E-state index contributed by atoms with van der Waals surface area (Å²) in [5.41, 5.74) is 13.9. The molecule has 2 heterocycles. The zero-order valence-corrected chi connectivity index (χ0v) is 17.7. The molecule has 0 fully saturated rings. The second-order valence-corrected chi connectivity index (χ2v) is 7.70. The van der Waals surface area contributed by atoms with Gasteiger partial charge in [0, 0.05) is 28.5 Å². The number of hydrogen-bond acceptors (Lipinski definition) is 4. The minimum atomic E-state index is -4.49. The van der Waals surface area contributed by atoms with Crippen LogP contribution in [0.2, 0.25) is 5.02 Å². The molecule has 4 N–H and O–H groups in total. The summed E-state index contributed by atoms with van der Waals surface area (Å²) in [6.07, 6.45) is 0.164. The lowest BCUT2D eigenvalue weighted by Crippen LogP contribution is -2.28. The predicted molar refractivity (Wildman–Crippen MR) is 119 cm³/mol. The zero-order valence-electron chi connectivity index (χ0n) is 16.9. The molecule has 2 aromatic heterocycles. The number of nitrogens with zero attached hydrogens (tertiary/aromatic N) is 3. The monoisotopic (exact) mass is 471 g/mol. The van der Waals surface area contributed by atoms with Crippen molar-refractivity contribution in [3.05, 3.63) is 89.3 Å². The molecule has 2 aromatic carbocycles. The van der Waals surface area contributed by atoms with Gasteiger partial charge in [-0.25, -0.2) is 4.98 Å². The molecule has 0 aliphatic rings. The fourth-order valence-corrected chi connectivity index (χ4v) is 3.68. The first-order valence-electron chi connectivity index (χ1n) is 9.66. The average Bonchev–Trinajstić information content (AvgIpc) is 3.23. The summed E-state index contributed by atoms with van der Waals surface area (Å²) in [5, 5.41) is 4.82. The number of anilines is 1. The summed E-state index contributed by atoms with van der Waals surface area (Å²) in [6, 6.07) is 11.9. The van der Waals surface area contributed by atoms with Crippen molar-refractivity contribution in [2.75, 3.05) is 5.73 Å². The molecule has 33 heavy (non-hydrogen) atoms. The van der Waals surface area contributed by atoms with Gasteiger partial charge in [-0.2, -0.15) is 18.3 Å². The number of rotatable bonds is 5. The van der Waals surface area contributed by atoms with Gasteiger partial charge in [-0.15, -0.1) is 0 Å². The molecule has 0 bridgehead atoms. The van der Waals surface area contributed by atoms with Gasteiger partial charge < -0.3 is 11.5 Å². The quantitative estimate of drug-likeness (QED) is 0.430. The van der Waals surface area contributed by atoms with Crippen molar-refractivity contribution in [1.82, 2.24) is 14.8 Å². The van der Waals surface area contributed by atoms with Crippen LogP contribution in [0.3, 0.4) is 0 Å². The van der Waals surface area contributed by atoms with Crippen molar-refractivity contribution < 1.29 is 18.0 Å². The molecule has 0 saturated carbocycles. The number of aromatic nitrogens is 3. The third kappa shape index (κ3) is 4.54. The van der Waals surface area contributed by atoms with Crippen molar-refractivity contribution in [2.45, 2.75) is 12.2 Å². The molecule has 1 unspecified atom stereocenters. The average molecular weight is 472 g/mol. The van der Waals surface area contributed by atoms with Crippen LogP contribution in [-0.2, 0) is 11.0 Å². The number of carbonyl (C=O) groups is 1. The highest BCUT2D eigenvalue weighted by Gasteiger charge is 2.31. The van der Waals surface area contributed by atoms with E-state index in [0.717, 1.165) is 17.7 Å². The molecule has 0 radical (unpaired) electrons. The molecule has 0 saturated heterocycles. The van der Waals surface area contributed by atoms with E-state index in [1.807, 2.05) is 0 Å². The minimum Gasteiger partial charge on any atom is -0.383 e. The summed E-state index contributed by atoms with van der Waals surface area (Å²) >= 11 is 5.99. The molecule has 0 spiro atoms. The highest BCUT2D eigenvalue weighted by atomic mass is 35.5. The maximum atomic E-state index is 12.9. The zero-order chi connectivity index (χ0) is 23.8. The second kappa shape index (κ2) is 8.59. The number of hydrogen-bond donors (Lipinski definition) is 2. The Hall–Kier alpha value is -3.85. The number of halogens is 4. The highest BCUT2D eigenvalue weighted by molar-refractivity contribution is 6.30. The Bertz CT molecular complexity index is 1300. The van der Waals surface area contributed by atoms with Gasteiger partial charge in [0.25, 0.3) is 0 Å². The fraction of sp³-hybridized carbons (Fsp3) is 0.0870. The Morgan fingerprint density at radius 1 is 1.00 bits per heavy atom. The van der Waals surface area contributed by atoms with Crippen LogP contribution in [0.15, 0.2) is 73.2 Å². The van der Waals surface area contributed by atoms with E-state index in [1.54, 1.807) is 42.7 Å². The lowest BCUT2D eigenvalue weighted by atomic mass is 9.97. The fourth-order valence-electron chi connectivity index (χ4n) is 3.56.